The van der Waals surface area contributed by atoms with Crippen LogP contribution in [0, 0.1) is 0 Å². The Balaban J connectivity index is 2.13. The third-order valence-corrected chi connectivity index (χ3v) is 5.77. The summed E-state index contributed by atoms with van der Waals surface area (Å²) in [6, 6.07) is 7.34. The Kier molecular flexibility index (Phi) is 4.50. The van der Waals surface area contributed by atoms with Crippen LogP contribution in [0.2, 0.25) is 5.02 Å². The van der Waals surface area contributed by atoms with E-state index in [9.17, 15) is 8.42 Å². The number of hydrogen-bond acceptors (Lipinski definition) is 3. The monoisotopic (exact) mass is 302 g/mol. The summed E-state index contributed by atoms with van der Waals surface area (Å²) in [5, 5.41) is 0.508. The van der Waals surface area contributed by atoms with Crippen LogP contribution in [0.5, 0.6) is 0 Å². The topological polar surface area (TPSA) is 40.6 Å². The average molecular weight is 303 g/mol. The fourth-order valence-corrected chi connectivity index (χ4v) is 4.08. The van der Waals surface area contributed by atoms with Gasteiger partial charge in [0.2, 0.25) is 10.0 Å². The first-order valence-corrected chi connectivity index (χ1v) is 8.30. The van der Waals surface area contributed by atoms with Gasteiger partial charge in [0.25, 0.3) is 0 Å². The van der Waals surface area contributed by atoms with Crippen molar-refractivity contribution < 1.29 is 8.42 Å². The van der Waals surface area contributed by atoms with E-state index in [0.29, 0.717) is 23.7 Å². The smallest absolute Gasteiger partial charge is 0.218 e. The summed E-state index contributed by atoms with van der Waals surface area (Å²) >= 11 is 6.03. The largest absolute Gasteiger partial charge is 0.301 e. The summed E-state index contributed by atoms with van der Waals surface area (Å²) in [6.07, 6.45) is 0. The zero-order valence-corrected chi connectivity index (χ0v) is 12.8. The van der Waals surface area contributed by atoms with Crippen LogP contribution >= 0.6 is 11.6 Å². The zero-order valence-electron chi connectivity index (χ0n) is 11.2. The Hall–Kier alpha value is -0.620. The predicted molar refractivity (Wildman–Crippen MR) is 77.7 cm³/mol. The maximum atomic E-state index is 12.4. The molecular formula is C13H19ClN2O2S. The minimum absolute atomic E-state index is 0.0247. The lowest BCUT2D eigenvalue weighted by molar-refractivity contribution is 0.159. The lowest BCUT2D eigenvalue weighted by Crippen LogP contribution is -2.52. The van der Waals surface area contributed by atoms with E-state index in [4.69, 9.17) is 11.6 Å². The minimum Gasteiger partial charge on any atom is -0.301 e. The molecule has 19 heavy (non-hydrogen) atoms. The summed E-state index contributed by atoms with van der Waals surface area (Å²) in [5.41, 5.74) is 0.663. The molecule has 4 nitrogen and oxygen atoms in total. The SMILES string of the molecule is CC1CN(S(=O)(=O)Cc2ccccc2Cl)CCN1C. The molecule has 1 fully saturated rings. The van der Waals surface area contributed by atoms with Crippen LogP contribution < -0.4 is 0 Å². The Morgan fingerprint density at radius 3 is 2.63 bits per heavy atom. The second kappa shape index (κ2) is 5.79. The molecule has 1 atom stereocenters. The van der Waals surface area contributed by atoms with Crippen molar-refractivity contribution in [2.45, 2.75) is 18.7 Å². The fourth-order valence-electron chi connectivity index (χ4n) is 2.17. The minimum atomic E-state index is -3.29. The first-order valence-electron chi connectivity index (χ1n) is 6.31. The molecule has 0 spiro atoms. The Bertz CT molecular complexity index is 547. The van der Waals surface area contributed by atoms with Gasteiger partial charge in [-0.1, -0.05) is 29.8 Å². The molecule has 1 aliphatic rings. The summed E-state index contributed by atoms with van der Waals surface area (Å²) in [7, 11) is -1.28. The van der Waals surface area contributed by atoms with E-state index >= 15 is 0 Å². The van der Waals surface area contributed by atoms with Crippen LogP contribution in [0.15, 0.2) is 24.3 Å². The van der Waals surface area contributed by atoms with Gasteiger partial charge in [-0.2, -0.15) is 4.31 Å². The summed E-state index contributed by atoms with van der Waals surface area (Å²) < 4.78 is 26.4. The normalized spacial score (nSPS) is 22.6. The van der Waals surface area contributed by atoms with E-state index in [1.807, 2.05) is 20.0 Å². The van der Waals surface area contributed by atoms with Crippen molar-refractivity contribution in [1.29, 1.82) is 0 Å². The molecule has 1 unspecified atom stereocenters. The van der Waals surface area contributed by atoms with E-state index < -0.39 is 10.0 Å². The van der Waals surface area contributed by atoms with Crippen molar-refractivity contribution >= 4 is 21.6 Å². The molecular weight excluding hydrogens is 284 g/mol. The van der Waals surface area contributed by atoms with Crippen molar-refractivity contribution in [3.8, 4) is 0 Å². The quantitative estimate of drug-likeness (QED) is 0.855. The molecule has 1 heterocycles. The van der Waals surface area contributed by atoms with Gasteiger partial charge in [0.15, 0.2) is 0 Å². The highest BCUT2D eigenvalue weighted by Crippen LogP contribution is 2.21. The van der Waals surface area contributed by atoms with Crippen LogP contribution in [-0.2, 0) is 15.8 Å². The van der Waals surface area contributed by atoms with Crippen LogP contribution in [0.25, 0.3) is 0 Å². The average Bonchev–Trinajstić information content (AvgIpc) is 2.35. The second-order valence-corrected chi connectivity index (χ2v) is 7.41. The predicted octanol–water partition coefficient (Wildman–Crippen LogP) is 1.81. The third kappa shape index (κ3) is 3.48. The van der Waals surface area contributed by atoms with Gasteiger partial charge in [-0.05, 0) is 25.6 Å². The number of nitrogens with zero attached hydrogens (tertiary/aromatic N) is 2. The van der Waals surface area contributed by atoms with Gasteiger partial charge in [0, 0.05) is 30.7 Å². The first kappa shape index (κ1) is 14.8. The molecule has 0 radical (unpaired) electrons. The molecule has 0 saturated carbocycles. The first-order chi connectivity index (χ1) is 8.90. The molecule has 2 rings (SSSR count). The Labute approximate surface area is 120 Å². The van der Waals surface area contributed by atoms with Crippen LogP contribution in [0.4, 0.5) is 0 Å². The van der Waals surface area contributed by atoms with Gasteiger partial charge >= 0.3 is 0 Å². The van der Waals surface area contributed by atoms with Gasteiger partial charge in [0.1, 0.15) is 0 Å². The summed E-state index contributed by atoms with van der Waals surface area (Å²) in [4.78, 5) is 2.17. The van der Waals surface area contributed by atoms with E-state index in [2.05, 4.69) is 4.90 Å². The lowest BCUT2D eigenvalue weighted by Gasteiger charge is -2.36. The standard InChI is InChI=1S/C13H19ClN2O2S/c1-11-9-16(8-7-15(11)2)19(17,18)10-12-5-3-4-6-13(12)14/h3-6,11H,7-10H2,1-2H3. The van der Waals surface area contributed by atoms with Crippen molar-refractivity contribution in [1.82, 2.24) is 9.21 Å². The molecule has 0 amide bonds. The fraction of sp³-hybridized carbons (Fsp3) is 0.538. The number of rotatable bonds is 3. The maximum absolute atomic E-state index is 12.4. The highest BCUT2D eigenvalue weighted by molar-refractivity contribution is 7.88. The third-order valence-electron chi connectivity index (χ3n) is 3.61. The van der Waals surface area contributed by atoms with E-state index in [-0.39, 0.29) is 11.8 Å². The molecule has 0 aliphatic carbocycles. The molecule has 1 aromatic carbocycles. The van der Waals surface area contributed by atoms with E-state index in [1.165, 1.54) is 0 Å². The van der Waals surface area contributed by atoms with Gasteiger partial charge in [-0.3, -0.25) is 0 Å². The molecule has 6 heteroatoms. The Morgan fingerprint density at radius 2 is 2.00 bits per heavy atom. The molecule has 1 aliphatic heterocycles. The lowest BCUT2D eigenvalue weighted by atomic mass is 10.2. The van der Waals surface area contributed by atoms with Crippen LogP contribution in [0.3, 0.4) is 0 Å². The number of piperazine rings is 1. The highest BCUT2D eigenvalue weighted by Gasteiger charge is 2.29. The Morgan fingerprint density at radius 1 is 1.32 bits per heavy atom. The van der Waals surface area contributed by atoms with E-state index in [1.54, 1.807) is 22.5 Å². The molecule has 106 valence electrons. The van der Waals surface area contributed by atoms with Crippen LogP contribution in [0.1, 0.15) is 12.5 Å². The number of sulfonamides is 1. The van der Waals surface area contributed by atoms with Crippen molar-refractivity contribution in [3.05, 3.63) is 34.9 Å². The van der Waals surface area contributed by atoms with Crippen molar-refractivity contribution in [3.63, 3.8) is 0 Å². The molecule has 0 bridgehead atoms. The highest BCUT2D eigenvalue weighted by atomic mass is 35.5. The maximum Gasteiger partial charge on any atom is 0.218 e. The van der Waals surface area contributed by atoms with Crippen LogP contribution in [-0.4, -0.2) is 50.3 Å². The van der Waals surface area contributed by atoms with Gasteiger partial charge < -0.3 is 4.90 Å². The second-order valence-electron chi connectivity index (χ2n) is 5.04. The number of hydrogen-bond donors (Lipinski definition) is 0. The molecule has 1 saturated heterocycles. The number of likely N-dealkylation sites (N-methyl/N-ethyl adjacent to an activating group) is 1. The summed E-state index contributed by atoms with van der Waals surface area (Å²) in [6.45, 7) is 3.90. The van der Waals surface area contributed by atoms with Gasteiger partial charge in [-0.15, -0.1) is 0 Å². The zero-order chi connectivity index (χ0) is 14.0. The van der Waals surface area contributed by atoms with E-state index in [0.717, 1.165) is 6.54 Å². The van der Waals surface area contributed by atoms with Gasteiger partial charge in [0.05, 0.1) is 5.75 Å². The number of halogens is 1. The molecule has 0 N–H and O–H groups in total. The molecule has 0 aromatic heterocycles. The number of benzene rings is 1. The van der Waals surface area contributed by atoms with Crippen molar-refractivity contribution in [2.24, 2.45) is 0 Å². The molecule has 1 aromatic rings. The summed E-state index contributed by atoms with van der Waals surface area (Å²) in [5.74, 6) is -0.0247. The van der Waals surface area contributed by atoms with Crippen molar-refractivity contribution in [2.75, 3.05) is 26.7 Å². The van der Waals surface area contributed by atoms with Gasteiger partial charge in [-0.25, -0.2) is 8.42 Å².